The SMILES string of the molecule is NC(=O)c1ccc(COc2ccc(C(=O)CC3CCCC3)c(O)c2C(F)(F)F)cc1. The average molecular weight is 421 g/mol. The number of alkyl halides is 3. The molecule has 0 aromatic heterocycles. The molecule has 8 heteroatoms. The number of halogens is 3. The second kappa shape index (κ2) is 8.77. The molecule has 1 saturated carbocycles. The Bertz CT molecular complexity index is 933. The summed E-state index contributed by atoms with van der Waals surface area (Å²) in [5, 5.41) is 10.3. The predicted octanol–water partition coefficient (Wildman–Crippen LogP) is 4.85. The normalized spacial score (nSPS) is 14.6. The van der Waals surface area contributed by atoms with E-state index in [0.717, 1.165) is 31.7 Å². The van der Waals surface area contributed by atoms with Crippen molar-refractivity contribution >= 4 is 11.7 Å². The van der Waals surface area contributed by atoms with Gasteiger partial charge >= 0.3 is 6.18 Å². The molecule has 160 valence electrons. The van der Waals surface area contributed by atoms with E-state index in [1.165, 1.54) is 30.3 Å². The van der Waals surface area contributed by atoms with Crippen molar-refractivity contribution in [2.24, 2.45) is 11.7 Å². The molecular formula is C22H22F3NO4. The third-order valence-corrected chi connectivity index (χ3v) is 5.31. The van der Waals surface area contributed by atoms with Gasteiger partial charge < -0.3 is 15.6 Å². The number of hydrogen-bond acceptors (Lipinski definition) is 4. The summed E-state index contributed by atoms with van der Waals surface area (Å²) in [5.41, 5.74) is 4.21. The fraction of sp³-hybridized carbons (Fsp3) is 0.364. The van der Waals surface area contributed by atoms with E-state index < -0.39 is 34.9 Å². The van der Waals surface area contributed by atoms with Crippen LogP contribution in [0.15, 0.2) is 36.4 Å². The van der Waals surface area contributed by atoms with Crippen LogP contribution in [0.25, 0.3) is 0 Å². The van der Waals surface area contributed by atoms with Crippen LogP contribution >= 0.6 is 0 Å². The molecule has 1 aliphatic carbocycles. The number of phenols is 1. The van der Waals surface area contributed by atoms with Gasteiger partial charge in [-0.25, -0.2) is 0 Å². The van der Waals surface area contributed by atoms with Gasteiger partial charge in [0, 0.05) is 12.0 Å². The first-order valence-electron chi connectivity index (χ1n) is 9.64. The Morgan fingerprint density at radius 1 is 1.07 bits per heavy atom. The first-order valence-corrected chi connectivity index (χ1v) is 9.64. The van der Waals surface area contributed by atoms with Gasteiger partial charge in [0.05, 0.1) is 5.56 Å². The molecule has 1 aliphatic rings. The first-order chi connectivity index (χ1) is 14.2. The Morgan fingerprint density at radius 2 is 1.70 bits per heavy atom. The lowest BCUT2D eigenvalue weighted by molar-refractivity contribution is -0.140. The van der Waals surface area contributed by atoms with Gasteiger partial charge in [0.2, 0.25) is 5.91 Å². The van der Waals surface area contributed by atoms with Crippen LogP contribution in [0.2, 0.25) is 0 Å². The Labute approximate surface area is 171 Å². The molecule has 0 spiro atoms. The monoisotopic (exact) mass is 421 g/mol. The van der Waals surface area contributed by atoms with Gasteiger partial charge in [0.15, 0.2) is 5.78 Å². The molecule has 3 N–H and O–H groups in total. The minimum absolute atomic E-state index is 0.122. The Balaban J connectivity index is 1.82. The summed E-state index contributed by atoms with van der Waals surface area (Å²) in [7, 11) is 0. The third kappa shape index (κ3) is 4.93. The van der Waals surface area contributed by atoms with Crippen molar-refractivity contribution in [1.82, 2.24) is 0 Å². The fourth-order valence-corrected chi connectivity index (χ4v) is 3.70. The van der Waals surface area contributed by atoms with E-state index >= 15 is 0 Å². The minimum atomic E-state index is -4.90. The summed E-state index contributed by atoms with van der Waals surface area (Å²) < 4.78 is 46.2. The molecule has 0 aliphatic heterocycles. The van der Waals surface area contributed by atoms with Gasteiger partial charge in [0.25, 0.3) is 0 Å². The number of ether oxygens (including phenoxy) is 1. The fourth-order valence-electron chi connectivity index (χ4n) is 3.70. The summed E-state index contributed by atoms with van der Waals surface area (Å²) in [6, 6.07) is 8.12. The van der Waals surface area contributed by atoms with Crippen molar-refractivity contribution in [3.8, 4) is 11.5 Å². The molecule has 2 aromatic carbocycles. The van der Waals surface area contributed by atoms with Crippen LogP contribution in [0.3, 0.4) is 0 Å². The maximum absolute atomic E-state index is 13.6. The highest BCUT2D eigenvalue weighted by molar-refractivity contribution is 5.99. The van der Waals surface area contributed by atoms with E-state index in [-0.39, 0.29) is 30.1 Å². The van der Waals surface area contributed by atoms with Gasteiger partial charge in [-0.1, -0.05) is 37.8 Å². The number of carbonyl (C=O) groups excluding carboxylic acids is 2. The number of nitrogens with two attached hydrogens (primary N) is 1. The number of ketones is 1. The summed E-state index contributed by atoms with van der Waals surface area (Å²) in [6.45, 7) is -0.225. The number of hydrogen-bond donors (Lipinski definition) is 2. The number of phenolic OH excluding ortho intramolecular Hbond substituents is 1. The summed E-state index contributed by atoms with van der Waals surface area (Å²) in [5.74, 6) is -2.66. The topological polar surface area (TPSA) is 89.6 Å². The van der Waals surface area contributed by atoms with E-state index in [1.807, 2.05) is 0 Å². The van der Waals surface area contributed by atoms with Crippen molar-refractivity contribution < 1.29 is 32.6 Å². The molecule has 0 saturated heterocycles. The Hall–Kier alpha value is -3.03. The standard InChI is InChI=1S/C22H22F3NO4/c23-22(24,25)19-18(30-12-14-5-7-15(8-6-14)21(26)29)10-9-16(20(19)28)17(27)11-13-3-1-2-4-13/h5-10,13,28H,1-4,11-12H2,(H2,26,29). The summed E-state index contributed by atoms with van der Waals surface area (Å²) in [6.07, 6.45) is -1.03. The van der Waals surface area contributed by atoms with Gasteiger partial charge in [-0.15, -0.1) is 0 Å². The lowest BCUT2D eigenvalue weighted by atomic mass is 9.95. The van der Waals surface area contributed by atoms with Crippen molar-refractivity contribution in [2.75, 3.05) is 0 Å². The maximum Gasteiger partial charge on any atom is 0.423 e. The van der Waals surface area contributed by atoms with E-state index in [0.29, 0.717) is 5.56 Å². The average Bonchev–Trinajstić information content (AvgIpc) is 3.18. The molecule has 30 heavy (non-hydrogen) atoms. The number of benzene rings is 2. The van der Waals surface area contributed by atoms with Gasteiger partial charge in [-0.05, 0) is 35.7 Å². The molecule has 2 aromatic rings. The van der Waals surface area contributed by atoms with Gasteiger partial charge in [0.1, 0.15) is 23.7 Å². The largest absolute Gasteiger partial charge is 0.506 e. The minimum Gasteiger partial charge on any atom is -0.506 e. The molecule has 1 amide bonds. The van der Waals surface area contributed by atoms with Gasteiger partial charge in [-0.3, -0.25) is 9.59 Å². The third-order valence-electron chi connectivity index (χ3n) is 5.31. The first kappa shape index (κ1) is 21.7. The summed E-state index contributed by atoms with van der Waals surface area (Å²) in [4.78, 5) is 23.6. The van der Waals surface area contributed by atoms with Gasteiger partial charge in [-0.2, -0.15) is 13.2 Å². The van der Waals surface area contributed by atoms with Crippen molar-refractivity contribution in [3.05, 3.63) is 58.7 Å². The molecule has 3 rings (SSSR count). The van der Waals surface area contributed by atoms with Crippen LogP contribution in [-0.2, 0) is 12.8 Å². The molecule has 0 heterocycles. The number of rotatable bonds is 7. The molecule has 0 radical (unpaired) electrons. The van der Waals surface area contributed by atoms with Crippen molar-refractivity contribution in [3.63, 3.8) is 0 Å². The molecule has 1 fully saturated rings. The number of carbonyl (C=O) groups is 2. The van der Waals surface area contributed by atoms with E-state index in [4.69, 9.17) is 10.5 Å². The highest BCUT2D eigenvalue weighted by Crippen LogP contribution is 2.44. The molecular weight excluding hydrogens is 399 g/mol. The highest BCUT2D eigenvalue weighted by atomic mass is 19.4. The number of primary amides is 1. The van der Waals surface area contributed by atoms with Crippen LogP contribution in [0.1, 0.15) is 63.9 Å². The predicted molar refractivity (Wildman–Crippen MR) is 103 cm³/mol. The lowest BCUT2D eigenvalue weighted by Gasteiger charge is -2.18. The quantitative estimate of drug-likeness (QED) is 0.626. The van der Waals surface area contributed by atoms with Crippen molar-refractivity contribution in [2.45, 2.75) is 44.9 Å². The van der Waals surface area contributed by atoms with Crippen LogP contribution in [0, 0.1) is 5.92 Å². The molecule has 0 atom stereocenters. The lowest BCUT2D eigenvalue weighted by Crippen LogP contribution is -2.13. The number of amides is 1. The number of Topliss-reactive ketones (excluding diaryl/α,β-unsaturated/α-hetero) is 1. The Kier molecular flexibility index (Phi) is 6.34. The van der Waals surface area contributed by atoms with Crippen LogP contribution in [-0.4, -0.2) is 16.8 Å². The second-order valence-corrected chi connectivity index (χ2v) is 7.46. The summed E-state index contributed by atoms with van der Waals surface area (Å²) >= 11 is 0. The zero-order chi connectivity index (χ0) is 21.9. The second-order valence-electron chi connectivity index (χ2n) is 7.46. The van der Waals surface area contributed by atoms with Crippen LogP contribution in [0.4, 0.5) is 13.2 Å². The zero-order valence-corrected chi connectivity index (χ0v) is 16.2. The Morgan fingerprint density at radius 3 is 2.27 bits per heavy atom. The van der Waals surface area contributed by atoms with E-state index in [9.17, 15) is 27.9 Å². The van der Waals surface area contributed by atoms with Crippen LogP contribution < -0.4 is 10.5 Å². The molecule has 0 unspecified atom stereocenters. The van der Waals surface area contributed by atoms with Crippen LogP contribution in [0.5, 0.6) is 11.5 Å². The van der Waals surface area contributed by atoms with E-state index in [1.54, 1.807) is 0 Å². The molecule has 0 bridgehead atoms. The maximum atomic E-state index is 13.6. The molecule has 5 nitrogen and oxygen atoms in total. The smallest absolute Gasteiger partial charge is 0.423 e. The number of aromatic hydroxyl groups is 1. The highest BCUT2D eigenvalue weighted by Gasteiger charge is 2.40. The zero-order valence-electron chi connectivity index (χ0n) is 16.2. The van der Waals surface area contributed by atoms with E-state index in [2.05, 4.69) is 0 Å². The van der Waals surface area contributed by atoms with Crippen molar-refractivity contribution in [1.29, 1.82) is 0 Å².